The second-order valence-electron chi connectivity index (χ2n) is 8.98. The molecule has 2 amide bonds. The van der Waals surface area contributed by atoms with Crippen molar-refractivity contribution in [2.75, 3.05) is 29.9 Å². The second kappa shape index (κ2) is 11.5. The predicted octanol–water partition coefficient (Wildman–Crippen LogP) is 5.12. The molecule has 186 valence electrons. The van der Waals surface area contributed by atoms with Gasteiger partial charge < -0.3 is 15.5 Å². The monoisotopic (exact) mass is 486 g/mol. The lowest BCUT2D eigenvalue weighted by molar-refractivity contribution is -0.385. The third-order valence-corrected chi connectivity index (χ3v) is 6.41. The topological polar surface area (TPSA) is 105 Å². The molecule has 1 aliphatic rings. The molecule has 1 aliphatic heterocycles. The summed E-state index contributed by atoms with van der Waals surface area (Å²) in [7, 11) is 0. The number of nitrogens with one attached hydrogen (secondary N) is 2. The van der Waals surface area contributed by atoms with E-state index in [4.69, 9.17) is 0 Å². The summed E-state index contributed by atoms with van der Waals surface area (Å²) in [4.78, 5) is 39.1. The van der Waals surface area contributed by atoms with E-state index in [2.05, 4.69) is 15.5 Å². The summed E-state index contributed by atoms with van der Waals surface area (Å²) >= 11 is 0. The van der Waals surface area contributed by atoms with Gasteiger partial charge in [-0.05, 0) is 62.4 Å². The Morgan fingerprint density at radius 1 is 0.944 bits per heavy atom. The number of aryl methyl sites for hydroxylation is 1. The first-order valence-corrected chi connectivity index (χ1v) is 12.2. The number of piperidine rings is 1. The van der Waals surface area contributed by atoms with Crippen LogP contribution in [0, 0.1) is 17.0 Å². The molecule has 1 saturated heterocycles. The molecule has 36 heavy (non-hydrogen) atoms. The van der Waals surface area contributed by atoms with E-state index in [-0.39, 0.29) is 17.2 Å². The van der Waals surface area contributed by atoms with Crippen LogP contribution in [-0.4, -0.2) is 36.4 Å². The van der Waals surface area contributed by atoms with Crippen LogP contribution in [0.2, 0.25) is 0 Å². The Kier molecular flexibility index (Phi) is 7.95. The minimum Gasteiger partial charge on any atom is -0.371 e. The van der Waals surface area contributed by atoms with Crippen molar-refractivity contribution < 1.29 is 14.5 Å². The molecular formula is C28H30N4O4. The van der Waals surface area contributed by atoms with Crippen LogP contribution in [-0.2, 0) is 6.42 Å². The van der Waals surface area contributed by atoms with Gasteiger partial charge in [-0.25, -0.2) is 0 Å². The summed E-state index contributed by atoms with van der Waals surface area (Å²) in [6.07, 6.45) is 4.03. The third kappa shape index (κ3) is 6.07. The highest BCUT2D eigenvalue weighted by molar-refractivity contribution is 6.06. The molecule has 0 atom stereocenters. The fourth-order valence-electron chi connectivity index (χ4n) is 4.42. The fraction of sp³-hybridized carbons (Fsp3) is 0.286. The van der Waals surface area contributed by atoms with Crippen molar-refractivity contribution in [3.8, 4) is 0 Å². The van der Waals surface area contributed by atoms with E-state index in [1.165, 1.54) is 12.5 Å². The van der Waals surface area contributed by atoms with E-state index in [1.807, 2.05) is 36.4 Å². The number of anilines is 2. The van der Waals surface area contributed by atoms with Gasteiger partial charge in [-0.2, -0.15) is 0 Å². The summed E-state index contributed by atoms with van der Waals surface area (Å²) < 4.78 is 0. The quantitative estimate of drug-likeness (QED) is 0.340. The highest BCUT2D eigenvalue weighted by Gasteiger charge is 2.20. The molecule has 0 unspecified atom stereocenters. The zero-order valence-electron chi connectivity index (χ0n) is 20.3. The summed E-state index contributed by atoms with van der Waals surface area (Å²) in [5.74, 6) is -0.673. The van der Waals surface area contributed by atoms with Gasteiger partial charge in [0.15, 0.2) is 0 Å². The Bertz CT molecular complexity index is 1250. The molecule has 8 nitrogen and oxygen atoms in total. The van der Waals surface area contributed by atoms with Gasteiger partial charge in [-0.1, -0.05) is 36.4 Å². The van der Waals surface area contributed by atoms with Crippen molar-refractivity contribution in [2.45, 2.75) is 32.6 Å². The lowest BCUT2D eigenvalue weighted by Gasteiger charge is -2.30. The van der Waals surface area contributed by atoms with E-state index in [0.29, 0.717) is 29.8 Å². The van der Waals surface area contributed by atoms with Gasteiger partial charge >= 0.3 is 0 Å². The first-order valence-electron chi connectivity index (χ1n) is 12.2. The van der Waals surface area contributed by atoms with Crippen LogP contribution < -0.4 is 15.5 Å². The molecule has 2 N–H and O–H groups in total. The zero-order chi connectivity index (χ0) is 25.5. The lowest BCUT2D eigenvalue weighted by Crippen LogP contribution is -2.33. The average Bonchev–Trinajstić information content (AvgIpc) is 2.89. The third-order valence-electron chi connectivity index (χ3n) is 6.41. The van der Waals surface area contributed by atoms with Crippen LogP contribution in [0.4, 0.5) is 17.1 Å². The standard InChI is InChI=1S/C28H30N4O4/c1-20-10-11-22(18-26(20)32(35)36)27(33)30-23-12-13-25(31-16-6-3-7-17-31)24(19-23)28(34)29-15-14-21-8-4-2-5-9-21/h2,4-5,8-13,18-19H,3,6-7,14-17H2,1H3,(H,29,34)(H,30,33). The minimum absolute atomic E-state index is 0.110. The number of carbonyl (C=O) groups excluding carboxylic acids is 2. The molecule has 1 fully saturated rings. The maximum atomic E-state index is 13.2. The maximum absolute atomic E-state index is 13.2. The molecule has 0 aromatic heterocycles. The summed E-state index contributed by atoms with van der Waals surface area (Å²) in [6.45, 7) is 3.87. The van der Waals surface area contributed by atoms with E-state index >= 15 is 0 Å². The molecule has 0 radical (unpaired) electrons. The number of nitro benzene ring substituents is 1. The number of rotatable bonds is 8. The van der Waals surface area contributed by atoms with Gasteiger partial charge in [0.05, 0.1) is 10.5 Å². The zero-order valence-corrected chi connectivity index (χ0v) is 20.3. The van der Waals surface area contributed by atoms with Gasteiger partial charge in [0.1, 0.15) is 0 Å². The molecule has 0 saturated carbocycles. The molecule has 3 aromatic carbocycles. The maximum Gasteiger partial charge on any atom is 0.273 e. The Morgan fingerprint density at radius 2 is 1.69 bits per heavy atom. The Hall–Kier alpha value is -4.20. The van der Waals surface area contributed by atoms with Crippen molar-refractivity contribution in [1.82, 2.24) is 5.32 Å². The van der Waals surface area contributed by atoms with Crippen molar-refractivity contribution in [3.05, 3.63) is 99.1 Å². The van der Waals surface area contributed by atoms with Gasteiger partial charge in [0.25, 0.3) is 17.5 Å². The summed E-state index contributed by atoms with van der Waals surface area (Å²) in [5, 5.41) is 17.1. The number of amides is 2. The molecular weight excluding hydrogens is 456 g/mol. The average molecular weight is 487 g/mol. The molecule has 0 spiro atoms. The molecule has 8 heteroatoms. The van der Waals surface area contributed by atoms with Gasteiger partial charge in [-0.15, -0.1) is 0 Å². The molecule has 0 aliphatic carbocycles. The molecule has 3 aromatic rings. The van der Waals surface area contributed by atoms with Crippen LogP contribution >= 0.6 is 0 Å². The fourth-order valence-corrected chi connectivity index (χ4v) is 4.42. The second-order valence-corrected chi connectivity index (χ2v) is 8.98. The van der Waals surface area contributed by atoms with Crippen LogP contribution in [0.25, 0.3) is 0 Å². The van der Waals surface area contributed by atoms with Crippen molar-refractivity contribution >= 4 is 28.9 Å². The largest absolute Gasteiger partial charge is 0.371 e. The van der Waals surface area contributed by atoms with Crippen molar-refractivity contribution in [3.63, 3.8) is 0 Å². The summed E-state index contributed by atoms with van der Waals surface area (Å²) in [6, 6.07) is 19.6. The number of benzene rings is 3. The molecule has 1 heterocycles. The van der Waals surface area contributed by atoms with E-state index in [1.54, 1.807) is 31.2 Å². The van der Waals surface area contributed by atoms with Crippen molar-refractivity contribution in [1.29, 1.82) is 0 Å². The van der Waals surface area contributed by atoms with Gasteiger partial charge in [-0.3, -0.25) is 19.7 Å². The first kappa shape index (κ1) is 24.9. The van der Waals surface area contributed by atoms with Crippen LogP contribution in [0.15, 0.2) is 66.7 Å². The van der Waals surface area contributed by atoms with Crippen LogP contribution in [0.1, 0.15) is 51.1 Å². The number of nitrogens with zero attached hydrogens (tertiary/aromatic N) is 2. The van der Waals surface area contributed by atoms with Crippen LogP contribution in [0.3, 0.4) is 0 Å². The highest BCUT2D eigenvalue weighted by Crippen LogP contribution is 2.28. The van der Waals surface area contributed by atoms with E-state index < -0.39 is 10.8 Å². The van der Waals surface area contributed by atoms with E-state index in [0.717, 1.165) is 37.2 Å². The number of hydrogen-bond donors (Lipinski definition) is 2. The first-order chi connectivity index (χ1) is 17.4. The molecule has 4 rings (SSSR count). The minimum atomic E-state index is -0.503. The Morgan fingerprint density at radius 3 is 2.42 bits per heavy atom. The van der Waals surface area contributed by atoms with Crippen LogP contribution in [0.5, 0.6) is 0 Å². The molecule has 0 bridgehead atoms. The summed E-state index contributed by atoms with van der Waals surface area (Å²) in [5.41, 5.74) is 3.49. The normalized spacial score (nSPS) is 13.2. The number of hydrogen-bond acceptors (Lipinski definition) is 5. The number of carbonyl (C=O) groups is 2. The highest BCUT2D eigenvalue weighted by atomic mass is 16.6. The van der Waals surface area contributed by atoms with Gasteiger partial charge in [0, 0.05) is 48.2 Å². The number of nitro groups is 1. The Balaban J connectivity index is 1.54. The van der Waals surface area contributed by atoms with E-state index in [9.17, 15) is 19.7 Å². The Labute approximate surface area is 210 Å². The smallest absolute Gasteiger partial charge is 0.273 e. The lowest BCUT2D eigenvalue weighted by atomic mass is 10.0. The van der Waals surface area contributed by atoms with Crippen molar-refractivity contribution in [2.24, 2.45) is 0 Å². The SMILES string of the molecule is Cc1ccc(C(=O)Nc2ccc(N3CCCCC3)c(C(=O)NCCc3ccccc3)c2)cc1[N+](=O)[O-]. The van der Waals surface area contributed by atoms with Gasteiger partial charge in [0.2, 0.25) is 0 Å². The predicted molar refractivity (Wildman–Crippen MR) is 141 cm³/mol.